The molecule has 3 heterocycles. The molecule has 0 spiro atoms. The molecule has 3 aromatic rings. The minimum Gasteiger partial charge on any atom is -0.481 e. The lowest BCUT2D eigenvalue weighted by atomic mass is 10.2. The molecule has 5 rings (SSSR count). The van der Waals surface area contributed by atoms with Gasteiger partial charge in [0.05, 0.1) is 0 Å². The molecule has 1 amide bonds. The van der Waals surface area contributed by atoms with Crippen LogP contribution in [0.2, 0.25) is 0 Å². The molecule has 7 heteroatoms. The normalized spacial score (nSPS) is 15.5. The number of pyridine rings is 1. The van der Waals surface area contributed by atoms with Crippen molar-refractivity contribution >= 4 is 28.3 Å². The first kappa shape index (κ1) is 19.5. The lowest BCUT2D eigenvalue weighted by Crippen LogP contribution is -2.24. The van der Waals surface area contributed by atoms with E-state index in [-0.39, 0.29) is 19.3 Å². The van der Waals surface area contributed by atoms with Crippen molar-refractivity contribution in [1.82, 2.24) is 4.98 Å². The lowest BCUT2D eigenvalue weighted by molar-refractivity contribution is -0.118. The third-order valence-electron chi connectivity index (χ3n) is 5.61. The SMILES string of the molecule is O=C(COc1cccc2ccc(N3CCCCCC3)nc12)Nc1ccc2c(c1)OCO2. The van der Waals surface area contributed by atoms with Gasteiger partial charge in [0.2, 0.25) is 6.79 Å². The van der Waals surface area contributed by atoms with Gasteiger partial charge in [-0.15, -0.1) is 0 Å². The molecule has 2 aliphatic heterocycles. The van der Waals surface area contributed by atoms with E-state index in [0.717, 1.165) is 29.8 Å². The number of nitrogens with one attached hydrogen (secondary N) is 1. The Morgan fingerprint density at radius 3 is 2.71 bits per heavy atom. The number of carbonyl (C=O) groups is 1. The van der Waals surface area contributed by atoms with E-state index in [2.05, 4.69) is 22.3 Å². The van der Waals surface area contributed by atoms with Crippen molar-refractivity contribution < 1.29 is 19.0 Å². The largest absolute Gasteiger partial charge is 0.481 e. The zero-order valence-corrected chi connectivity index (χ0v) is 17.3. The molecule has 0 unspecified atom stereocenters. The van der Waals surface area contributed by atoms with Gasteiger partial charge in [0, 0.05) is 30.2 Å². The molecule has 1 aromatic heterocycles. The summed E-state index contributed by atoms with van der Waals surface area (Å²) >= 11 is 0. The number of hydrogen-bond acceptors (Lipinski definition) is 6. The average Bonchev–Trinajstić information content (AvgIpc) is 3.09. The quantitative estimate of drug-likeness (QED) is 0.662. The number of nitrogens with zero attached hydrogens (tertiary/aromatic N) is 2. The second kappa shape index (κ2) is 8.71. The molecule has 0 radical (unpaired) electrons. The summed E-state index contributed by atoms with van der Waals surface area (Å²) in [6.07, 6.45) is 4.93. The van der Waals surface area contributed by atoms with E-state index in [1.807, 2.05) is 18.2 Å². The summed E-state index contributed by atoms with van der Waals surface area (Å²) in [5.74, 6) is 2.62. The van der Waals surface area contributed by atoms with Gasteiger partial charge in [-0.3, -0.25) is 4.79 Å². The van der Waals surface area contributed by atoms with Crippen LogP contribution in [-0.2, 0) is 4.79 Å². The third kappa shape index (κ3) is 4.35. The summed E-state index contributed by atoms with van der Waals surface area (Å²) in [6.45, 7) is 2.14. The van der Waals surface area contributed by atoms with Crippen LogP contribution in [0, 0.1) is 0 Å². The molecule has 1 saturated heterocycles. The number of amides is 1. The van der Waals surface area contributed by atoms with E-state index in [1.165, 1.54) is 25.7 Å². The number of benzene rings is 2. The van der Waals surface area contributed by atoms with Crippen LogP contribution in [0.4, 0.5) is 11.5 Å². The highest BCUT2D eigenvalue weighted by molar-refractivity contribution is 5.93. The minimum atomic E-state index is -0.250. The maximum atomic E-state index is 12.4. The Balaban J connectivity index is 1.29. The Kier molecular flexibility index (Phi) is 5.48. The van der Waals surface area contributed by atoms with Crippen LogP contribution >= 0.6 is 0 Å². The van der Waals surface area contributed by atoms with Crippen LogP contribution in [0.3, 0.4) is 0 Å². The topological polar surface area (TPSA) is 72.9 Å². The van der Waals surface area contributed by atoms with Gasteiger partial charge in [0.15, 0.2) is 18.1 Å². The Labute approximate surface area is 180 Å². The van der Waals surface area contributed by atoms with E-state index < -0.39 is 0 Å². The van der Waals surface area contributed by atoms with E-state index >= 15 is 0 Å². The molecule has 1 N–H and O–H groups in total. The molecular formula is C24H25N3O4. The molecule has 0 bridgehead atoms. The minimum absolute atomic E-state index is 0.108. The smallest absolute Gasteiger partial charge is 0.262 e. The molecule has 0 aliphatic carbocycles. The Morgan fingerprint density at radius 1 is 1.00 bits per heavy atom. The lowest BCUT2D eigenvalue weighted by Gasteiger charge is -2.22. The second-order valence-corrected chi connectivity index (χ2v) is 7.80. The van der Waals surface area contributed by atoms with Crippen molar-refractivity contribution in [2.75, 3.05) is 36.7 Å². The zero-order valence-electron chi connectivity index (χ0n) is 17.3. The first-order valence-corrected chi connectivity index (χ1v) is 10.7. The molecule has 1 fully saturated rings. The summed E-state index contributed by atoms with van der Waals surface area (Å²) in [6, 6.07) is 15.2. The number of aromatic nitrogens is 1. The Hall–Kier alpha value is -3.48. The second-order valence-electron chi connectivity index (χ2n) is 7.80. The van der Waals surface area contributed by atoms with Crippen LogP contribution in [0.5, 0.6) is 17.2 Å². The number of carbonyl (C=O) groups excluding carboxylic acids is 1. The molecule has 0 saturated carbocycles. The van der Waals surface area contributed by atoms with Crippen molar-refractivity contribution in [3.63, 3.8) is 0 Å². The van der Waals surface area contributed by atoms with Crippen LogP contribution in [-0.4, -0.2) is 37.4 Å². The highest BCUT2D eigenvalue weighted by Crippen LogP contribution is 2.34. The first-order chi connectivity index (χ1) is 15.3. The van der Waals surface area contributed by atoms with Crippen LogP contribution in [0.1, 0.15) is 25.7 Å². The molecule has 2 aliphatic rings. The van der Waals surface area contributed by atoms with Gasteiger partial charge >= 0.3 is 0 Å². The Morgan fingerprint density at radius 2 is 1.84 bits per heavy atom. The van der Waals surface area contributed by atoms with E-state index in [4.69, 9.17) is 19.2 Å². The molecular weight excluding hydrogens is 394 g/mol. The molecule has 7 nitrogen and oxygen atoms in total. The summed E-state index contributed by atoms with van der Waals surface area (Å²) < 4.78 is 16.5. The van der Waals surface area contributed by atoms with Crippen molar-refractivity contribution in [3.05, 3.63) is 48.5 Å². The standard InChI is InChI=1S/C24H25N3O4/c28-23(25-18-9-10-19-21(14-18)31-16-30-19)15-29-20-7-5-6-17-8-11-22(26-24(17)20)27-12-3-1-2-4-13-27/h5-11,14H,1-4,12-13,15-16H2,(H,25,28). The first-order valence-electron chi connectivity index (χ1n) is 10.7. The van der Waals surface area contributed by atoms with Gasteiger partial charge in [-0.25, -0.2) is 4.98 Å². The molecule has 160 valence electrons. The van der Waals surface area contributed by atoms with Crippen molar-refractivity contribution in [1.29, 1.82) is 0 Å². The van der Waals surface area contributed by atoms with Crippen molar-refractivity contribution in [2.24, 2.45) is 0 Å². The number of ether oxygens (including phenoxy) is 3. The van der Waals surface area contributed by atoms with Crippen LogP contribution < -0.4 is 24.4 Å². The fourth-order valence-corrected chi connectivity index (χ4v) is 4.02. The third-order valence-corrected chi connectivity index (χ3v) is 5.61. The van der Waals surface area contributed by atoms with Crippen LogP contribution in [0.15, 0.2) is 48.5 Å². The summed E-state index contributed by atoms with van der Waals surface area (Å²) in [4.78, 5) is 19.7. The average molecular weight is 419 g/mol. The highest BCUT2D eigenvalue weighted by atomic mass is 16.7. The number of para-hydroxylation sites is 1. The predicted molar refractivity (Wildman–Crippen MR) is 119 cm³/mol. The summed E-state index contributed by atoms with van der Waals surface area (Å²) in [5.41, 5.74) is 1.41. The van der Waals surface area contributed by atoms with Gasteiger partial charge in [0.25, 0.3) is 5.91 Å². The van der Waals surface area contributed by atoms with E-state index in [1.54, 1.807) is 18.2 Å². The van der Waals surface area contributed by atoms with Crippen LogP contribution in [0.25, 0.3) is 10.9 Å². The number of rotatable bonds is 5. The zero-order chi connectivity index (χ0) is 21.0. The molecule has 0 atom stereocenters. The monoisotopic (exact) mass is 419 g/mol. The summed E-state index contributed by atoms with van der Waals surface area (Å²) in [5, 5.41) is 3.82. The van der Waals surface area contributed by atoms with Gasteiger partial charge in [0.1, 0.15) is 17.1 Å². The number of hydrogen-bond donors (Lipinski definition) is 1. The molecule has 31 heavy (non-hydrogen) atoms. The molecule has 2 aromatic carbocycles. The highest BCUT2D eigenvalue weighted by Gasteiger charge is 2.16. The van der Waals surface area contributed by atoms with E-state index in [0.29, 0.717) is 22.9 Å². The van der Waals surface area contributed by atoms with Crippen molar-refractivity contribution in [3.8, 4) is 17.2 Å². The number of fused-ring (bicyclic) bond motifs is 2. The summed E-state index contributed by atoms with van der Waals surface area (Å²) in [7, 11) is 0. The van der Waals surface area contributed by atoms with Gasteiger partial charge < -0.3 is 24.4 Å². The van der Waals surface area contributed by atoms with E-state index in [9.17, 15) is 4.79 Å². The fraction of sp³-hybridized carbons (Fsp3) is 0.333. The van der Waals surface area contributed by atoms with Gasteiger partial charge in [-0.2, -0.15) is 0 Å². The predicted octanol–water partition coefficient (Wildman–Crippen LogP) is 4.36. The maximum Gasteiger partial charge on any atom is 0.262 e. The number of anilines is 2. The Bertz CT molecular complexity index is 1090. The maximum absolute atomic E-state index is 12.4. The fourth-order valence-electron chi connectivity index (χ4n) is 4.02. The van der Waals surface area contributed by atoms with Gasteiger partial charge in [-0.1, -0.05) is 25.0 Å². The van der Waals surface area contributed by atoms with Gasteiger partial charge in [-0.05, 0) is 43.2 Å². The van der Waals surface area contributed by atoms with Crippen molar-refractivity contribution in [2.45, 2.75) is 25.7 Å².